The summed E-state index contributed by atoms with van der Waals surface area (Å²) in [5.41, 5.74) is 2.33. The van der Waals surface area contributed by atoms with Crippen molar-refractivity contribution in [2.75, 3.05) is 0 Å². The lowest BCUT2D eigenvalue weighted by Crippen LogP contribution is -2.25. The zero-order valence-corrected chi connectivity index (χ0v) is 14.9. The van der Waals surface area contributed by atoms with Gasteiger partial charge < -0.3 is 5.11 Å². The summed E-state index contributed by atoms with van der Waals surface area (Å²) in [6.07, 6.45) is 3.38. The van der Waals surface area contributed by atoms with E-state index >= 15 is 0 Å². The number of aromatic carboxylic acids is 1. The number of fused-ring (bicyclic) bond motifs is 1. The Balaban J connectivity index is 0.00000109. The van der Waals surface area contributed by atoms with Gasteiger partial charge in [-0.3, -0.25) is 0 Å². The minimum atomic E-state index is -2.64. The third-order valence-corrected chi connectivity index (χ3v) is 4.60. The Hall–Kier alpha value is -2.23. The van der Waals surface area contributed by atoms with Gasteiger partial charge in [-0.25, -0.2) is 13.6 Å². The number of halogens is 2. The Labute approximate surface area is 147 Å². The standard InChI is InChI=1S/C19H18F2O2.C2H6/c1-19(20,21)15-8-5-12(6-9-15)16-4-2-3-13-11-14(18(22)23)7-10-17(13)16;1-2/h2-5,7,10-11,15H,6,8-9H2,1H3,(H,22,23);1-2H3. The third-order valence-electron chi connectivity index (χ3n) is 4.60. The van der Waals surface area contributed by atoms with Gasteiger partial charge in [-0.15, -0.1) is 0 Å². The van der Waals surface area contributed by atoms with Crippen LogP contribution < -0.4 is 0 Å². The molecule has 2 aromatic rings. The molecular weight excluding hydrogens is 322 g/mol. The lowest BCUT2D eigenvalue weighted by atomic mass is 9.82. The fraction of sp³-hybridized carbons (Fsp3) is 0.381. The van der Waals surface area contributed by atoms with Crippen molar-refractivity contribution in [3.63, 3.8) is 0 Å². The fourth-order valence-electron chi connectivity index (χ4n) is 3.24. The predicted octanol–water partition coefficient (Wildman–Crippen LogP) is 6.40. The molecule has 0 aromatic heterocycles. The monoisotopic (exact) mass is 346 g/mol. The van der Waals surface area contributed by atoms with Gasteiger partial charge in [-0.2, -0.15) is 0 Å². The molecule has 2 aromatic carbocycles. The van der Waals surface area contributed by atoms with Gasteiger partial charge in [0.25, 0.3) is 0 Å². The maximum Gasteiger partial charge on any atom is 0.335 e. The molecule has 1 unspecified atom stereocenters. The largest absolute Gasteiger partial charge is 0.478 e. The van der Waals surface area contributed by atoms with Gasteiger partial charge in [0.05, 0.1) is 5.56 Å². The van der Waals surface area contributed by atoms with Gasteiger partial charge in [0.2, 0.25) is 5.92 Å². The van der Waals surface area contributed by atoms with Crippen LogP contribution in [0.5, 0.6) is 0 Å². The molecule has 2 nitrogen and oxygen atoms in total. The third kappa shape index (κ3) is 4.25. The quantitative estimate of drug-likeness (QED) is 0.698. The summed E-state index contributed by atoms with van der Waals surface area (Å²) < 4.78 is 26.9. The number of benzene rings is 2. The van der Waals surface area contributed by atoms with Crippen molar-refractivity contribution in [3.8, 4) is 0 Å². The molecule has 0 saturated carbocycles. The highest BCUT2D eigenvalue weighted by molar-refractivity contribution is 5.99. The van der Waals surface area contributed by atoms with E-state index in [1.807, 2.05) is 38.1 Å². The van der Waals surface area contributed by atoms with Crippen molar-refractivity contribution in [2.24, 2.45) is 5.92 Å². The summed E-state index contributed by atoms with van der Waals surface area (Å²) in [5, 5.41) is 10.9. The van der Waals surface area contributed by atoms with Crippen molar-refractivity contribution >= 4 is 22.3 Å². The zero-order valence-electron chi connectivity index (χ0n) is 14.9. The SMILES string of the molecule is CC.CC(F)(F)C1CC=C(c2cccc3cc(C(=O)O)ccc23)CC1. The first-order valence-corrected chi connectivity index (χ1v) is 8.69. The van der Waals surface area contributed by atoms with E-state index in [1.54, 1.807) is 18.2 Å². The van der Waals surface area contributed by atoms with E-state index in [4.69, 9.17) is 5.11 Å². The van der Waals surface area contributed by atoms with E-state index in [0.29, 0.717) is 19.3 Å². The highest BCUT2D eigenvalue weighted by Crippen LogP contribution is 2.39. The summed E-state index contributed by atoms with van der Waals surface area (Å²) >= 11 is 0. The summed E-state index contributed by atoms with van der Waals surface area (Å²) in [5.74, 6) is -4.20. The summed E-state index contributed by atoms with van der Waals surface area (Å²) in [6.45, 7) is 4.99. The van der Waals surface area contributed by atoms with Crippen LogP contribution in [0.4, 0.5) is 8.78 Å². The molecule has 0 aliphatic heterocycles. The van der Waals surface area contributed by atoms with Gasteiger partial charge in [-0.05, 0) is 60.2 Å². The zero-order chi connectivity index (χ0) is 18.6. The van der Waals surface area contributed by atoms with Crippen LogP contribution in [-0.4, -0.2) is 17.0 Å². The van der Waals surface area contributed by atoms with E-state index in [9.17, 15) is 13.6 Å². The molecule has 0 heterocycles. The van der Waals surface area contributed by atoms with Crippen LogP contribution in [0.25, 0.3) is 16.3 Å². The van der Waals surface area contributed by atoms with Gasteiger partial charge in [0, 0.05) is 5.92 Å². The molecule has 0 radical (unpaired) electrons. The summed E-state index contributed by atoms with van der Waals surface area (Å²) in [6, 6.07) is 10.8. The first-order chi connectivity index (χ1) is 11.9. The van der Waals surface area contributed by atoms with Crippen molar-refractivity contribution < 1.29 is 18.7 Å². The number of carboxylic acids is 1. The molecule has 0 bridgehead atoms. The highest BCUT2D eigenvalue weighted by Gasteiger charge is 2.34. The number of carbonyl (C=O) groups is 1. The van der Waals surface area contributed by atoms with E-state index in [-0.39, 0.29) is 5.56 Å². The van der Waals surface area contributed by atoms with Crippen LogP contribution in [0.2, 0.25) is 0 Å². The van der Waals surface area contributed by atoms with E-state index in [0.717, 1.165) is 28.8 Å². The fourth-order valence-corrected chi connectivity index (χ4v) is 3.24. The molecule has 0 saturated heterocycles. The van der Waals surface area contributed by atoms with Crippen LogP contribution >= 0.6 is 0 Å². The topological polar surface area (TPSA) is 37.3 Å². The van der Waals surface area contributed by atoms with E-state index < -0.39 is 17.8 Å². The molecule has 3 rings (SSSR count). The minimum absolute atomic E-state index is 0.248. The molecule has 25 heavy (non-hydrogen) atoms. The van der Waals surface area contributed by atoms with Crippen LogP contribution in [0.15, 0.2) is 42.5 Å². The average Bonchev–Trinajstić information content (AvgIpc) is 2.61. The van der Waals surface area contributed by atoms with E-state index in [2.05, 4.69) is 0 Å². The Kier molecular flexibility index (Phi) is 5.93. The molecule has 0 spiro atoms. The molecule has 1 atom stereocenters. The van der Waals surface area contributed by atoms with Crippen molar-refractivity contribution in [2.45, 2.75) is 46.0 Å². The second-order valence-electron chi connectivity index (χ2n) is 6.20. The van der Waals surface area contributed by atoms with Crippen LogP contribution in [0.3, 0.4) is 0 Å². The number of alkyl halides is 2. The van der Waals surface area contributed by atoms with Crippen molar-refractivity contribution in [3.05, 3.63) is 53.6 Å². The van der Waals surface area contributed by atoms with E-state index in [1.165, 1.54) is 0 Å². The second kappa shape index (κ2) is 7.77. The number of carboxylic acid groups (broad SMARTS) is 1. The molecular formula is C21H24F2O2. The lowest BCUT2D eigenvalue weighted by molar-refractivity contribution is -0.0421. The number of hydrogen-bond acceptors (Lipinski definition) is 1. The van der Waals surface area contributed by atoms with Gasteiger partial charge >= 0.3 is 5.97 Å². The summed E-state index contributed by atoms with van der Waals surface area (Å²) in [7, 11) is 0. The maximum atomic E-state index is 13.4. The van der Waals surface area contributed by atoms with Crippen LogP contribution in [-0.2, 0) is 0 Å². The van der Waals surface area contributed by atoms with Crippen LogP contribution in [0.1, 0.15) is 56.0 Å². The van der Waals surface area contributed by atoms with Crippen molar-refractivity contribution in [1.82, 2.24) is 0 Å². The second-order valence-corrected chi connectivity index (χ2v) is 6.20. The Bertz CT molecular complexity index is 788. The normalized spacial score (nSPS) is 17.5. The first-order valence-electron chi connectivity index (χ1n) is 8.69. The Morgan fingerprint density at radius 1 is 1.20 bits per heavy atom. The molecule has 1 aliphatic rings. The molecule has 1 N–H and O–H groups in total. The van der Waals surface area contributed by atoms with Gasteiger partial charge in [0.15, 0.2) is 0 Å². The molecule has 134 valence electrons. The molecule has 0 amide bonds. The predicted molar refractivity (Wildman–Crippen MR) is 98.2 cm³/mol. The van der Waals surface area contributed by atoms with Gasteiger partial charge in [-0.1, -0.05) is 44.2 Å². The summed E-state index contributed by atoms with van der Waals surface area (Å²) in [4.78, 5) is 11.1. The minimum Gasteiger partial charge on any atom is -0.478 e. The number of rotatable bonds is 3. The smallest absolute Gasteiger partial charge is 0.335 e. The average molecular weight is 346 g/mol. The maximum absolute atomic E-state index is 13.4. The molecule has 0 fully saturated rings. The number of hydrogen-bond donors (Lipinski definition) is 1. The van der Waals surface area contributed by atoms with Gasteiger partial charge in [0.1, 0.15) is 0 Å². The Morgan fingerprint density at radius 3 is 2.48 bits per heavy atom. The Morgan fingerprint density at radius 2 is 1.92 bits per heavy atom. The molecule has 4 heteroatoms. The van der Waals surface area contributed by atoms with Crippen molar-refractivity contribution in [1.29, 1.82) is 0 Å². The number of allylic oxidation sites excluding steroid dienone is 2. The lowest BCUT2D eigenvalue weighted by Gasteiger charge is -2.27. The molecule has 1 aliphatic carbocycles. The first kappa shape index (κ1) is 19.1. The highest BCUT2D eigenvalue weighted by atomic mass is 19.3. The van der Waals surface area contributed by atoms with Crippen LogP contribution in [0, 0.1) is 5.92 Å².